The van der Waals surface area contributed by atoms with Crippen LogP contribution in [0.5, 0.6) is 5.75 Å². The van der Waals surface area contributed by atoms with Crippen LogP contribution in [0.25, 0.3) is 0 Å². The van der Waals surface area contributed by atoms with Crippen LogP contribution in [0.3, 0.4) is 0 Å². The summed E-state index contributed by atoms with van der Waals surface area (Å²) in [6.07, 6.45) is 0.704. The van der Waals surface area contributed by atoms with Crippen LogP contribution >= 0.6 is 0 Å². The minimum absolute atomic E-state index is 0.0423. The van der Waals surface area contributed by atoms with Crippen LogP contribution < -0.4 is 10.1 Å². The SMILES string of the molecule is COc1cccc(CNC(=O)C2=NN(C(C)C)C(=O)CC2)c1. The molecular formula is C16H21N3O3. The first-order chi connectivity index (χ1) is 10.5. The molecule has 118 valence electrons. The summed E-state index contributed by atoms with van der Waals surface area (Å²) in [6, 6.07) is 7.46. The van der Waals surface area contributed by atoms with E-state index in [2.05, 4.69) is 10.4 Å². The largest absolute Gasteiger partial charge is 0.497 e. The van der Waals surface area contributed by atoms with Crippen LogP contribution in [0.15, 0.2) is 29.4 Å². The van der Waals surface area contributed by atoms with Crippen molar-refractivity contribution in [2.75, 3.05) is 7.11 Å². The molecule has 0 aromatic heterocycles. The van der Waals surface area contributed by atoms with Crippen molar-refractivity contribution >= 4 is 17.5 Å². The number of nitrogens with zero attached hydrogens (tertiary/aromatic N) is 2. The Bertz CT molecular complexity index is 596. The number of hydrazone groups is 1. The van der Waals surface area contributed by atoms with Crippen LogP contribution in [-0.4, -0.2) is 35.7 Å². The molecule has 6 nitrogen and oxygen atoms in total. The molecule has 0 radical (unpaired) electrons. The topological polar surface area (TPSA) is 71.0 Å². The van der Waals surface area contributed by atoms with E-state index in [0.717, 1.165) is 11.3 Å². The second-order valence-corrected chi connectivity index (χ2v) is 5.41. The van der Waals surface area contributed by atoms with Crippen molar-refractivity contribution < 1.29 is 14.3 Å². The van der Waals surface area contributed by atoms with Crippen molar-refractivity contribution in [3.63, 3.8) is 0 Å². The van der Waals surface area contributed by atoms with Gasteiger partial charge in [0.15, 0.2) is 0 Å². The second kappa shape index (κ2) is 7.06. The summed E-state index contributed by atoms with van der Waals surface area (Å²) in [5.41, 5.74) is 1.34. The van der Waals surface area contributed by atoms with Gasteiger partial charge >= 0.3 is 0 Å². The summed E-state index contributed by atoms with van der Waals surface area (Å²) in [5.74, 6) is 0.471. The van der Waals surface area contributed by atoms with E-state index in [-0.39, 0.29) is 17.9 Å². The van der Waals surface area contributed by atoms with E-state index >= 15 is 0 Å². The van der Waals surface area contributed by atoms with Crippen molar-refractivity contribution in [1.29, 1.82) is 0 Å². The van der Waals surface area contributed by atoms with Gasteiger partial charge < -0.3 is 10.1 Å². The fraction of sp³-hybridized carbons (Fsp3) is 0.438. The maximum atomic E-state index is 12.2. The molecule has 0 bridgehead atoms. The Morgan fingerprint density at radius 1 is 1.41 bits per heavy atom. The molecule has 1 N–H and O–H groups in total. The minimum atomic E-state index is -0.235. The first-order valence-corrected chi connectivity index (χ1v) is 7.32. The van der Waals surface area contributed by atoms with Gasteiger partial charge in [-0.2, -0.15) is 5.10 Å². The number of hydrogen-bond acceptors (Lipinski definition) is 4. The van der Waals surface area contributed by atoms with Crippen LogP contribution in [-0.2, 0) is 16.1 Å². The molecule has 0 fully saturated rings. The lowest BCUT2D eigenvalue weighted by Gasteiger charge is -2.26. The lowest BCUT2D eigenvalue weighted by atomic mass is 10.1. The minimum Gasteiger partial charge on any atom is -0.497 e. The third kappa shape index (κ3) is 3.84. The highest BCUT2D eigenvalue weighted by molar-refractivity contribution is 6.39. The zero-order valence-electron chi connectivity index (χ0n) is 13.1. The average Bonchev–Trinajstić information content (AvgIpc) is 2.53. The lowest BCUT2D eigenvalue weighted by Crippen LogP contribution is -2.41. The maximum Gasteiger partial charge on any atom is 0.267 e. The summed E-state index contributed by atoms with van der Waals surface area (Å²) in [7, 11) is 1.60. The van der Waals surface area contributed by atoms with Gasteiger partial charge in [-0.25, -0.2) is 5.01 Å². The van der Waals surface area contributed by atoms with Crippen LogP contribution in [0.4, 0.5) is 0 Å². The molecule has 0 saturated heterocycles. The van der Waals surface area contributed by atoms with E-state index in [4.69, 9.17) is 4.74 Å². The third-order valence-electron chi connectivity index (χ3n) is 3.40. The molecule has 1 aliphatic heterocycles. The number of benzene rings is 1. The highest BCUT2D eigenvalue weighted by Crippen LogP contribution is 2.14. The normalized spacial score (nSPS) is 14.8. The molecule has 1 aliphatic rings. The summed E-state index contributed by atoms with van der Waals surface area (Å²) < 4.78 is 5.15. The highest BCUT2D eigenvalue weighted by atomic mass is 16.5. The molecule has 2 amide bonds. The van der Waals surface area contributed by atoms with Crippen LogP contribution in [0.1, 0.15) is 32.3 Å². The Morgan fingerprint density at radius 3 is 2.86 bits per heavy atom. The Labute approximate surface area is 130 Å². The number of amides is 2. The number of hydrogen-bond donors (Lipinski definition) is 1. The Balaban J connectivity index is 2.00. The third-order valence-corrected chi connectivity index (χ3v) is 3.40. The van der Waals surface area contributed by atoms with Gasteiger partial charge in [-0.05, 0) is 31.5 Å². The molecule has 0 aliphatic carbocycles. The maximum absolute atomic E-state index is 12.2. The van der Waals surface area contributed by atoms with Crippen molar-refractivity contribution in [2.45, 2.75) is 39.3 Å². The monoisotopic (exact) mass is 303 g/mol. The number of methoxy groups -OCH3 is 1. The molecule has 0 saturated carbocycles. The Hall–Kier alpha value is -2.37. The molecule has 6 heteroatoms. The number of rotatable bonds is 5. The van der Waals surface area contributed by atoms with Crippen molar-refractivity contribution in [3.8, 4) is 5.75 Å². The fourth-order valence-corrected chi connectivity index (χ4v) is 2.20. The molecular weight excluding hydrogens is 282 g/mol. The molecule has 1 aromatic rings. The highest BCUT2D eigenvalue weighted by Gasteiger charge is 2.25. The molecule has 2 rings (SSSR count). The number of nitrogens with one attached hydrogen (secondary N) is 1. The summed E-state index contributed by atoms with van der Waals surface area (Å²) in [5, 5.41) is 8.38. The molecule has 22 heavy (non-hydrogen) atoms. The summed E-state index contributed by atoms with van der Waals surface area (Å²) in [6.45, 7) is 4.14. The van der Waals surface area contributed by atoms with Gasteiger partial charge in [0.1, 0.15) is 11.5 Å². The summed E-state index contributed by atoms with van der Waals surface area (Å²) in [4.78, 5) is 23.9. The van der Waals surface area contributed by atoms with E-state index in [1.807, 2.05) is 38.1 Å². The van der Waals surface area contributed by atoms with Gasteiger partial charge in [0.25, 0.3) is 5.91 Å². The van der Waals surface area contributed by atoms with Crippen molar-refractivity contribution in [3.05, 3.63) is 29.8 Å². The van der Waals surface area contributed by atoms with Crippen LogP contribution in [0.2, 0.25) is 0 Å². The first kappa shape index (κ1) is 16.0. The van der Waals surface area contributed by atoms with Gasteiger partial charge in [-0.1, -0.05) is 12.1 Å². The lowest BCUT2D eigenvalue weighted by molar-refractivity contribution is -0.133. The number of ether oxygens (including phenoxy) is 1. The molecule has 1 aromatic carbocycles. The molecule has 1 heterocycles. The standard InChI is InChI=1S/C16H21N3O3/c1-11(2)19-15(20)8-7-14(18-19)16(21)17-10-12-5-4-6-13(9-12)22-3/h4-6,9,11H,7-8,10H2,1-3H3,(H,17,21). The zero-order chi connectivity index (χ0) is 16.1. The zero-order valence-corrected chi connectivity index (χ0v) is 13.1. The Kier molecular flexibility index (Phi) is 5.14. The van der Waals surface area contributed by atoms with Gasteiger partial charge in [0.05, 0.1) is 7.11 Å². The quantitative estimate of drug-likeness (QED) is 0.900. The van der Waals surface area contributed by atoms with E-state index in [9.17, 15) is 9.59 Å². The fourth-order valence-electron chi connectivity index (χ4n) is 2.20. The Morgan fingerprint density at radius 2 is 2.18 bits per heavy atom. The van der Waals surface area contributed by atoms with Crippen LogP contribution in [0, 0.1) is 0 Å². The molecule has 0 unspecified atom stereocenters. The van der Waals surface area contributed by atoms with E-state index in [1.54, 1.807) is 7.11 Å². The van der Waals surface area contributed by atoms with Gasteiger partial charge in [-0.15, -0.1) is 0 Å². The van der Waals surface area contributed by atoms with Gasteiger partial charge in [0.2, 0.25) is 5.91 Å². The smallest absolute Gasteiger partial charge is 0.267 e. The van der Waals surface area contributed by atoms with E-state index in [1.165, 1.54) is 5.01 Å². The van der Waals surface area contributed by atoms with Gasteiger partial charge in [-0.3, -0.25) is 9.59 Å². The predicted octanol–water partition coefficient (Wildman–Crippen LogP) is 1.70. The van der Waals surface area contributed by atoms with Crippen molar-refractivity contribution in [1.82, 2.24) is 10.3 Å². The van der Waals surface area contributed by atoms with Gasteiger partial charge in [0, 0.05) is 25.4 Å². The van der Waals surface area contributed by atoms with E-state index < -0.39 is 0 Å². The first-order valence-electron chi connectivity index (χ1n) is 7.32. The van der Waals surface area contributed by atoms with Crippen molar-refractivity contribution in [2.24, 2.45) is 5.10 Å². The summed E-state index contributed by atoms with van der Waals surface area (Å²) >= 11 is 0. The number of carbonyl (C=O) groups is 2. The second-order valence-electron chi connectivity index (χ2n) is 5.41. The number of carbonyl (C=O) groups excluding carboxylic acids is 2. The molecule has 0 atom stereocenters. The average molecular weight is 303 g/mol. The van der Waals surface area contributed by atoms with E-state index in [0.29, 0.717) is 25.1 Å². The predicted molar refractivity (Wildman–Crippen MR) is 83.5 cm³/mol. The molecule has 0 spiro atoms.